The maximum absolute atomic E-state index is 9.72. The fourth-order valence-corrected chi connectivity index (χ4v) is 3.12. The number of rotatable bonds is 8. The molecule has 1 unspecified atom stereocenters. The Bertz CT molecular complexity index is 548. The lowest BCUT2D eigenvalue weighted by molar-refractivity contribution is 0.114. The molecule has 1 aliphatic heterocycles. The van der Waals surface area contributed by atoms with Crippen molar-refractivity contribution in [1.82, 2.24) is 9.80 Å². The predicted molar refractivity (Wildman–Crippen MR) is 95.4 cm³/mol. The second-order valence-corrected chi connectivity index (χ2v) is 6.17. The molecule has 1 aliphatic rings. The van der Waals surface area contributed by atoms with E-state index < -0.39 is 0 Å². The zero-order valence-corrected chi connectivity index (χ0v) is 15.1. The molecule has 0 saturated carbocycles. The monoisotopic (exact) mass is 331 g/mol. The van der Waals surface area contributed by atoms with E-state index in [1.54, 1.807) is 7.11 Å². The van der Waals surface area contributed by atoms with E-state index >= 15 is 0 Å². The smallest absolute Gasteiger partial charge is 0.161 e. The minimum absolute atomic E-state index is 0.233. The first-order valence-corrected chi connectivity index (χ1v) is 8.90. The summed E-state index contributed by atoms with van der Waals surface area (Å²) in [5.74, 6) is 1.44. The van der Waals surface area contributed by atoms with Gasteiger partial charge in [-0.25, -0.2) is 0 Å². The molecule has 0 radical (unpaired) electrons. The number of nitrogens with zero attached hydrogens (tertiary/aromatic N) is 3. The number of nitriles is 1. The number of hydrogen-bond donors (Lipinski definition) is 0. The van der Waals surface area contributed by atoms with Crippen molar-refractivity contribution in [2.24, 2.45) is 0 Å². The van der Waals surface area contributed by atoms with Gasteiger partial charge in [-0.15, -0.1) is 0 Å². The Morgan fingerprint density at radius 2 is 1.88 bits per heavy atom. The highest BCUT2D eigenvalue weighted by molar-refractivity contribution is 5.45. The van der Waals surface area contributed by atoms with E-state index in [1.165, 1.54) is 6.42 Å². The van der Waals surface area contributed by atoms with E-state index in [9.17, 15) is 5.26 Å². The second-order valence-electron chi connectivity index (χ2n) is 6.17. The summed E-state index contributed by atoms with van der Waals surface area (Å²) in [6.45, 7) is 9.98. The zero-order chi connectivity index (χ0) is 17.4. The summed E-state index contributed by atoms with van der Waals surface area (Å²) in [5, 5.41) is 9.72. The summed E-state index contributed by atoms with van der Waals surface area (Å²) in [6, 6.07) is 8.07. The second kappa shape index (κ2) is 9.51. The van der Waals surface area contributed by atoms with Gasteiger partial charge < -0.3 is 14.4 Å². The lowest BCUT2D eigenvalue weighted by Gasteiger charge is -2.37. The number of hydrogen-bond acceptors (Lipinski definition) is 5. The van der Waals surface area contributed by atoms with Gasteiger partial charge in [-0.3, -0.25) is 4.90 Å². The van der Waals surface area contributed by atoms with Gasteiger partial charge in [0.05, 0.1) is 19.8 Å². The maximum atomic E-state index is 9.72. The Labute approximate surface area is 145 Å². The van der Waals surface area contributed by atoms with Gasteiger partial charge in [0.25, 0.3) is 0 Å². The van der Waals surface area contributed by atoms with Gasteiger partial charge >= 0.3 is 0 Å². The molecule has 5 heteroatoms. The summed E-state index contributed by atoms with van der Waals surface area (Å²) in [7, 11) is 1.64. The van der Waals surface area contributed by atoms with Gasteiger partial charge in [-0.2, -0.15) is 5.26 Å². The zero-order valence-electron chi connectivity index (χ0n) is 15.1. The van der Waals surface area contributed by atoms with Crippen LogP contribution in [-0.4, -0.2) is 56.2 Å². The van der Waals surface area contributed by atoms with Crippen LogP contribution in [0.3, 0.4) is 0 Å². The van der Waals surface area contributed by atoms with E-state index in [0.717, 1.165) is 56.2 Å². The fraction of sp³-hybridized carbons (Fsp3) is 0.632. The van der Waals surface area contributed by atoms with Gasteiger partial charge in [-0.1, -0.05) is 19.9 Å². The molecule has 1 fully saturated rings. The minimum Gasteiger partial charge on any atom is -0.493 e. The van der Waals surface area contributed by atoms with E-state index in [-0.39, 0.29) is 6.04 Å². The van der Waals surface area contributed by atoms with Gasteiger partial charge in [0.1, 0.15) is 6.04 Å². The van der Waals surface area contributed by atoms with Crippen LogP contribution in [0, 0.1) is 11.3 Å². The molecule has 5 nitrogen and oxygen atoms in total. The summed E-state index contributed by atoms with van der Waals surface area (Å²) >= 11 is 0. The molecular weight excluding hydrogens is 302 g/mol. The van der Waals surface area contributed by atoms with Crippen LogP contribution in [0.5, 0.6) is 11.5 Å². The molecular formula is C19H29N3O2. The third kappa shape index (κ3) is 4.62. The molecule has 2 rings (SSSR count). The van der Waals surface area contributed by atoms with Gasteiger partial charge in [0, 0.05) is 26.2 Å². The van der Waals surface area contributed by atoms with E-state index in [1.807, 2.05) is 18.2 Å². The molecule has 1 saturated heterocycles. The molecule has 0 aliphatic carbocycles. The number of methoxy groups -OCH3 is 1. The quantitative estimate of drug-likeness (QED) is 0.733. The summed E-state index contributed by atoms with van der Waals surface area (Å²) < 4.78 is 11.2. The van der Waals surface area contributed by atoms with Crippen LogP contribution >= 0.6 is 0 Å². The lowest BCUT2D eigenvalue weighted by Crippen LogP contribution is -2.47. The normalized spacial score (nSPS) is 17.2. The van der Waals surface area contributed by atoms with Gasteiger partial charge in [-0.05, 0) is 37.1 Å². The molecule has 132 valence electrons. The Morgan fingerprint density at radius 1 is 1.12 bits per heavy atom. The van der Waals surface area contributed by atoms with E-state index in [0.29, 0.717) is 6.61 Å². The van der Waals surface area contributed by atoms with Crippen molar-refractivity contribution >= 4 is 0 Å². The third-order valence-corrected chi connectivity index (χ3v) is 4.40. The van der Waals surface area contributed by atoms with Crippen LogP contribution in [-0.2, 0) is 0 Å². The van der Waals surface area contributed by atoms with Crippen molar-refractivity contribution in [3.8, 4) is 17.6 Å². The third-order valence-electron chi connectivity index (χ3n) is 4.40. The Balaban J connectivity index is 2.11. The molecule has 1 heterocycles. The van der Waals surface area contributed by atoms with E-state index in [4.69, 9.17) is 9.47 Å². The van der Waals surface area contributed by atoms with Crippen LogP contribution < -0.4 is 9.47 Å². The van der Waals surface area contributed by atoms with Crippen molar-refractivity contribution in [3.63, 3.8) is 0 Å². The number of ether oxygens (including phenoxy) is 2. The first-order chi connectivity index (χ1) is 11.7. The minimum atomic E-state index is -0.233. The Hall–Kier alpha value is -1.77. The largest absolute Gasteiger partial charge is 0.493 e. The van der Waals surface area contributed by atoms with E-state index in [2.05, 4.69) is 29.7 Å². The summed E-state index contributed by atoms with van der Waals surface area (Å²) in [4.78, 5) is 4.73. The van der Waals surface area contributed by atoms with Crippen LogP contribution in [0.15, 0.2) is 18.2 Å². The first-order valence-electron chi connectivity index (χ1n) is 8.90. The van der Waals surface area contributed by atoms with Crippen molar-refractivity contribution in [2.45, 2.75) is 32.7 Å². The highest BCUT2D eigenvalue weighted by Crippen LogP contribution is 2.32. The van der Waals surface area contributed by atoms with Crippen LogP contribution in [0.25, 0.3) is 0 Å². The SMILES string of the molecule is CCCOc1cc(C(C#N)N2CCN(CCC)CC2)ccc1OC. The molecule has 0 amide bonds. The summed E-state index contributed by atoms with van der Waals surface area (Å²) in [6.07, 6.45) is 2.12. The van der Waals surface area contributed by atoms with Crippen molar-refractivity contribution in [2.75, 3.05) is 46.4 Å². The first kappa shape index (κ1) is 18.6. The van der Waals surface area contributed by atoms with Crippen molar-refractivity contribution in [1.29, 1.82) is 5.26 Å². The molecule has 0 aromatic heterocycles. The molecule has 0 spiro atoms. The average molecular weight is 331 g/mol. The van der Waals surface area contributed by atoms with Crippen LogP contribution in [0.4, 0.5) is 0 Å². The molecule has 0 N–H and O–H groups in total. The molecule has 24 heavy (non-hydrogen) atoms. The Morgan fingerprint density at radius 3 is 2.46 bits per heavy atom. The summed E-state index contributed by atoms with van der Waals surface area (Å²) in [5.41, 5.74) is 0.980. The molecule has 1 atom stereocenters. The topological polar surface area (TPSA) is 48.7 Å². The van der Waals surface area contributed by atoms with Gasteiger partial charge in [0.2, 0.25) is 0 Å². The van der Waals surface area contributed by atoms with Crippen molar-refractivity contribution < 1.29 is 9.47 Å². The standard InChI is InChI=1S/C19H29N3O2/c1-4-8-21-9-11-22(12-10-21)17(15-20)16-6-7-18(23-3)19(14-16)24-13-5-2/h6-7,14,17H,4-5,8-13H2,1-3H3. The van der Waals surface area contributed by atoms with Crippen molar-refractivity contribution in [3.05, 3.63) is 23.8 Å². The maximum Gasteiger partial charge on any atom is 0.161 e. The van der Waals surface area contributed by atoms with Gasteiger partial charge in [0.15, 0.2) is 11.5 Å². The van der Waals surface area contributed by atoms with Crippen LogP contribution in [0.2, 0.25) is 0 Å². The van der Waals surface area contributed by atoms with Crippen LogP contribution in [0.1, 0.15) is 38.3 Å². The molecule has 1 aromatic rings. The highest BCUT2D eigenvalue weighted by Gasteiger charge is 2.25. The number of piperazine rings is 1. The molecule has 0 bridgehead atoms. The Kier molecular flexibility index (Phi) is 7.36. The highest BCUT2D eigenvalue weighted by atomic mass is 16.5. The fourth-order valence-electron chi connectivity index (χ4n) is 3.12. The molecule has 1 aromatic carbocycles. The number of benzene rings is 1. The predicted octanol–water partition coefficient (Wildman–Crippen LogP) is 3.08. The lowest BCUT2D eigenvalue weighted by atomic mass is 10.0. The average Bonchev–Trinajstić information content (AvgIpc) is 2.62.